The van der Waals surface area contributed by atoms with Crippen LogP contribution in [0.25, 0.3) is 11.1 Å². The number of ether oxygens (including phenoxy) is 1. The Labute approximate surface area is 179 Å². The minimum absolute atomic E-state index is 0.492. The third-order valence-electron chi connectivity index (χ3n) is 4.97. The zero-order valence-corrected chi connectivity index (χ0v) is 18.1. The second-order valence-corrected chi connectivity index (χ2v) is 10.1. The lowest BCUT2D eigenvalue weighted by Gasteiger charge is -2.32. The molecular formula is C21H24F3N3O3S. The standard InChI is InChI=1S/C21H24F3N3O3S/c1-21(2)27(20(28)19(23)24)17(10-22)18(30-21)14-6-4-13(5-7-14)15-8-9-16(26-11-15)12-31(3,25)29/h4-9,11-12,17-19H,10H2,1-3H3,(H2,25,29). The van der Waals surface area contributed by atoms with Crippen LogP contribution in [-0.2, 0) is 19.2 Å². The van der Waals surface area contributed by atoms with Crippen molar-refractivity contribution in [3.8, 4) is 11.1 Å². The van der Waals surface area contributed by atoms with Gasteiger partial charge in [0.1, 0.15) is 18.5 Å². The number of nitrogens with two attached hydrogens (primary N) is 1. The van der Waals surface area contributed by atoms with Crippen LogP contribution in [0.4, 0.5) is 13.2 Å². The molecule has 1 aliphatic heterocycles. The van der Waals surface area contributed by atoms with Gasteiger partial charge in [-0.3, -0.25) is 19.1 Å². The first-order chi connectivity index (χ1) is 14.4. The molecule has 1 fully saturated rings. The van der Waals surface area contributed by atoms with E-state index in [-0.39, 0.29) is 0 Å². The molecule has 0 aliphatic carbocycles. The van der Waals surface area contributed by atoms with Crippen molar-refractivity contribution in [2.24, 2.45) is 5.14 Å². The van der Waals surface area contributed by atoms with Crippen molar-refractivity contribution in [2.75, 3.05) is 12.9 Å². The predicted molar refractivity (Wildman–Crippen MR) is 114 cm³/mol. The molecular weight excluding hydrogens is 431 g/mol. The summed E-state index contributed by atoms with van der Waals surface area (Å²) in [6.45, 7) is 1.91. The maximum absolute atomic E-state index is 13.8. The van der Waals surface area contributed by atoms with Crippen molar-refractivity contribution in [3.05, 3.63) is 53.9 Å². The molecule has 3 rings (SSSR count). The maximum atomic E-state index is 13.8. The summed E-state index contributed by atoms with van der Waals surface area (Å²) in [5.41, 5.74) is 1.28. The summed E-state index contributed by atoms with van der Waals surface area (Å²) in [4.78, 5) is 17.0. The maximum Gasteiger partial charge on any atom is 0.315 e. The summed E-state index contributed by atoms with van der Waals surface area (Å²) in [6, 6.07) is 9.27. The smallest absolute Gasteiger partial charge is 0.315 e. The van der Waals surface area contributed by atoms with Gasteiger partial charge in [0.15, 0.2) is 0 Å². The molecule has 2 N–H and O–H groups in total. The van der Waals surface area contributed by atoms with E-state index in [1.165, 1.54) is 25.5 Å². The van der Waals surface area contributed by atoms with Gasteiger partial charge in [0, 0.05) is 33.1 Å². The highest BCUT2D eigenvalue weighted by Gasteiger charge is 2.52. The Morgan fingerprint density at radius 3 is 2.35 bits per heavy atom. The SMILES string of the molecule is CC1(C)OC(c2ccc(-c3ccc(C=S(C)(N)=O)nc3)cc2)C(CF)N1C(=O)C(F)F. The lowest BCUT2D eigenvalue weighted by atomic mass is 9.99. The molecule has 168 valence electrons. The number of aromatic nitrogens is 1. The molecule has 1 aromatic carbocycles. The third kappa shape index (κ3) is 5.08. The Morgan fingerprint density at radius 2 is 1.87 bits per heavy atom. The Bertz CT molecular complexity index is 1060. The largest absolute Gasteiger partial charge is 0.346 e. The number of alkyl halides is 3. The van der Waals surface area contributed by atoms with E-state index in [9.17, 15) is 22.2 Å². The van der Waals surface area contributed by atoms with Crippen molar-refractivity contribution in [1.82, 2.24) is 9.88 Å². The number of amides is 1. The minimum Gasteiger partial charge on any atom is -0.346 e. The van der Waals surface area contributed by atoms with Gasteiger partial charge in [0.05, 0.1) is 11.7 Å². The van der Waals surface area contributed by atoms with E-state index in [0.717, 1.165) is 16.0 Å². The molecule has 0 radical (unpaired) electrons. The molecule has 10 heteroatoms. The molecule has 1 saturated heterocycles. The summed E-state index contributed by atoms with van der Waals surface area (Å²) in [5, 5.41) is 6.90. The van der Waals surface area contributed by atoms with Gasteiger partial charge >= 0.3 is 6.43 Å². The van der Waals surface area contributed by atoms with Crippen LogP contribution in [0.2, 0.25) is 0 Å². The lowest BCUT2D eigenvalue weighted by molar-refractivity contribution is -0.159. The Kier molecular flexibility index (Phi) is 6.45. The number of nitrogens with zero attached hydrogens (tertiary/aromatic N) is 2. The van der Waals surface area contributed by atoms with E-state index >= 15 is 0 Å². The number of rotatable bonds is 5. The zero-order chi connectivity index (χ0) is 23.0. The van der Waals surface area contributed by atoms with Gasteiger partial charge in [0.2, 0.25) is 0 Å². The molecule has 0 spiro atoms. The van der Waals surface area contributed by atoms with Gasteiger partial charge in [-0.25, -0.2) is 4.39 Å². The molecule has 1 aromatic heterocycles. The topological polar surface area (TPSA) is 85.5 Å². The fraction of sp³-hybridized carbons (Fsp3) is 0.381. The molecule has 31 heavy (non-hydrogen) atoms. The lowest BCUT2D eigenvalue weighted by Crippen LogP contribution is -2.51. The van der Waals surface area contributed by atoms with E-state index in [1.54, 1.807) is 42.6 Å². The van der Waals surface area contributed by atoms with Crippen molar-refractivity contribution < 1.29 is 26.9 Å². The summed E-state index contributed by atoms with van der Waals surface area (Å²) in [7, 11) is -2.56. The van der Waals surface area contributed by atoms with Crippen molar-refractivity contribution in [3.63, 3.8) is 0 Å². The monoisotopic (exact) mass is 455 g/mol. The first-order valence-electron chi connectivity index (χ1n) is 9.46. The molecule has 0 saturated carbocycles. The number of hydrogen-bond acceptors (Lipinski definition) is 4. The normalized spacial score (nSPS) is 22.4. The number of carbonyl (C=O) groups excluding carboxylic acids is 1. The Hall–Kier alpha value is -2.43. The molecule has 0 bridgehead atoms. The molecule has 6 nitrogen and oxygen atoms in total. The fourth-order valence-electron chi connectivity index (χ4n) is 3.71. The first-order valence-corrected chi connectivity index (χ1v) is 11.6. The molecule has 1 aliphatic rings. The first kappa shape index (κ1) is 23.2. The molecule has 2 heterocycles. The van der Waals surface area contributed by atoms with E-state index < -0.39 is 46.6 Å². The second kappa shape index (κ2) is 8.60. The van der Waals surface area contributed by atoms with Crippen LogP contribution >= 0.6 is 0 Å². The van der Waals surface area contributed by atoms with E-state index in [2.05, 4.69) is 4.98 Å². The minimum atomic E-state index is -3.24. The van der Waals surface area contributed by atoms with Gasteiger partial charge in [-0.05, 0) is 31.0 Å². The molecule has 3 atom stereocenters. The highest BCUT2D eigenvalue weighted by atomic mass is 32.2. The van der Waals surface area contributed by atoms with Crippen LogP contribution in [-0.4, -0.2) is 56.5 Å². The summed E-state index contributed by atoms with van der Waals surface area (Å²) in [6.07, 6.45) is -1.11. The quantitative estimate of drug-likeness (QED) is 0.703. The van der Waals surface area contributed by atoms with Crippen molar-refractivity contribution in [1.29, 1.82) is 0 Å². The van der Waals surface area contributed by atoms with Crippen molar-refractivity contribution in [2.45, 2.75) is 38.1 Å². The average molecular weight is 456 g/mol. The summed E-state index contributed by atoms with van der Waals surface area (Å²) >= 11 is 0. The molecule has 1 amide bonds. The van der Waals surface area contributed by atoms with Crippen LogP contribution < -0.4 is 5.14 Å². The van der Waals surface area contributed by atoms with E-state index in [1.807, 2.05) is 0 Å². The number of halogens is 3. The van der Waals surface area contributed by atoms with Gasteiger partial charge in [0.25, 0.3) is 5.91 Å². The second-order valence-electron chi connectivity index (χ2n) is 7.89. The van der Waals surface area contributed by atoms with Crippen LogP contribution in [0.3, 0.4) is 0 Å². The summed E-state index contributed by atoms with van der Waals surface area (Å²) < 4.78 is 57.3. The van der Waals surface area contributed by atoms with Gasteiger partial charge in [-0.2, -0.15) is 8.78 Å². The summed E-state index contributed by atoms with van der Waals surface area (Å²) in [5.74, 6) is -1.46. The van der Waals surface area contributed by atoms with Crippen molar-refractivity contribution >= 4 is 21.0 Å². The highest BCUT2D eigenvalue weighted by Crippen LogP contribution is 2.42. The number of pyridine rings is 1. The third-order valence-corrected chi connectivity index (χ3v) is 5.68. The molecule has 2 aromatic rings. The van der Waals surface area contributed by atoms with Crippen LogP contribution in [0.15, 0.2) is 42.6 Å². The van der Waals surface area contributed by atoms with Crippen LogP contribution in [0.1, 0.15) is 31.2 Å². The Balaban J connectivity index is 1.86. The van der Waals surface area contributed by atoms with Gasteiger partial charge < -0.3 is 9.64 Å². The fourth-order valence-corrected chi connectivity index (χ4v) is 4.32. The number of hydrogen-bond donors (Lipinski definition) is 1. The molecule has 3 unspecified atom stereocenters. The highest BCUT2D eigenvalue weighted by molar-refractivity contribution is 7.98. The van der Waals surface area contributed by atoms with Gasteiger partial charge in [-0.1, -0.05) is 30.3 Å². The van der Waals surface area contributed by atoms with E-state index in [4.69, 9.17) is 9.88 Å². The average Bonchev–Trinajstić information content (AvgIpc) is 2.97. The zero-order valence-electron chi connectivity index (χ0n) is 17.3. The van der Waals surface area contributed by atoms with Gasteiger partial charge in [-0.15, -0.1) is 0 Å². The number of carbonyl (C=O) groups is 1. The number of benzene rings is 1. The van der Waals surface area contributed by atoms with E-state index in [0.29, 0.717) is 11.3 Å². The predicted octanol–water partition coefficient (Wildman–Crippen LogP) is 2.93. The van der Waals surface area contributed by atoms with Crippen LogP contribution in [0.5, 0.6) is 0 Å². The van der Waals surface area contributed by atoms with Crippen LogP contribution in [0, 0.1) is 0 Å². The Morgan fingerprint density at radius 1 is 1.26 bits per heavy atom.